The Morgan fingerprint density at radius 3 is 2.56 bits per heavy atom. The zero-order valence-electron chi connectivity index (χ0n) is 15.8. The molecule has 0 saturated carbocycles. The topological polar surface area (TPSA) is 84.7 Å². The summed E-state index contributed by atoms with van der Waals surface area (Å²) in [5.74, 6) is -0.590. The Morgan fingerprint density at radius 1 is 1.19 bits per heavy atom. The van der Waals surface area contributed by atoms with Crippen molar-refractivity contribution in [3.8, 4) is 0 Å². The van der Waals surface area contributed by atoms with Crippen LogP contribution in [0.3, 0.4) is 0 Å². The summed E-state index contributed by atoms with van der Waals surface area (Å²) in [5.41, 5.74) is 2.67. The van der Waals surface area contributed by atoms with E-state index in [9.17, 15) is 9.59 Å². The number of aryl methyl sites for hydroxylation is 2. The molecule has 0 atom stereocenters. The molecule has 3 rings (SSSR count). The Hall–Kier alpha value is -2.83. The third kappa shape index (κ3) is 4.67. The highest BCUT2D eigenvalue weighted by Crippen LogP contribution is 2.22. The number of anilines is 2. The summed E-state index contributed by atoms with van der Waals surface area (Å²) < 4.78 is 10.1. The number of hydrogen-bond acceptors (Lipinski definition) is 6. The van der Waals surface area contributed by atoms with Crippen LogP contribution < -0.4 is 10.2 Å². The SMILES string of the molecule is CCc1noc(C)c1C(=O)OCC(=O)Nc1ccc(N2CCCCC2)cc1. The molecule has 0 spiro atoms. The normalized spacial score (nSPS) is 14.1. The van der Waals surface area contributed by atoms with E-state index in [1.54, 1.807) is 6.92 Å². The van der Waals surface area contributed by atoms with Gasteiger partial charge in [-0.15, -0.1) is 0 Å². The van der Waals surface area contributed by atoms with Crippen LogP contribution in [-0.2, 0) is 16.0 Å². The van der Waals surface area contributed by atoms with Crippen molar-refractivity contribution >= 4 is 23.3 Å². The second kappa shape index (κ2) is 8.70. The van der Waals surface area contributed by atoms with E-state index in [-0.39, 0.29) is 12.5 Å². The number of hydrogen-bond donors (Lipinski definition) is 1. The van der Waals surface area contributed by atoms with Gasteiger partial charge in [-0.2, -0.15) is 0 Å². The summed E-state index contributed by atoms with van der Waals surface area (Å²) in [6.07, 6.45) is 4.28. The van der Waals surface area contributed by atoms with E-state index in [0.29, 0.717) is 29.1 Å². The molecule has 2 heterocycles. The van der Waals surface area contributed by atoms with E-state index in [0.717, 1.165) is 18.8 Å². The summed E-state index contributed by atoms with van der Waals surface area (Å²) in [5, 5.41) is 6.56. The van der Waals surface area contributed by atoms with Gasteiger partial charge in [0.25, 0.3) is 5.91 Å². The number of nitrogens with zero attached hydrogens (tertiary/aromatic N) is 2. The van der Waals surface area contributed by atoms with Crippen LogP contribution in [0.2, 0.25) is 0 Å². The van der Waals surface area contributed by atoms with Crippen molar-refractivity contribution in [2.45, 2.75) is 39.5 Å². The molecule has 1 aliphatic heterocycles. The summed E-state index contributed by atoms with van der Waals surface area (Å²) in [4.78, 5) is 26.6. The van der Waals surface area contributed by atoms with Gasteiger partial charge < -0.3 is 19.5 Å². The molecule has 7 nitrogen and oxygen atoms in total. The van der Waals surface area contributed by atoms with Crippen LogP contribution in [0.4, 0.5) is 11.4 Å². The average molecular weight is 371 g/mol. The van der Waals surface area contributed by atoms with E-state index >= 15 is 0 Å². The number of piperidine rings is 1. The maximum atomic E-state index is 12.2. The molecule has 27 heavy (non-hydrogen) atoms. The smallest absolute Gasteiger partial charge is 0.344 e. The summed E-state index contributed by atoms with van der Waals surface area (Å²) in [6, 6.07) is 7.73. The van der Waals surface area contributed by atoms with Gasteiger partial charge in [-0.3, -0.25) is 4.79 Å². The highest BCUT2D eigenvalue weighted by Gasteiger charge is 2.21. The Balaban J connectivity index is 1.51. The number of esters is 1. The summed E-state index contributed by atoms with van der Waals surface area (Å²) in [6.45, 7) is 5.30. The lowest BCUT2D eigenvalue weighted by molar-refractivity contribution is -0.119. The minimum absolute atomic E-state index is 0.302. The first kappa shape index (κ1) is 18.9. The van der Waals surface area contributed by atoms with E-state index < -0.39 is 5.97 Å². The number of carbonyl (C=O) groups excluding carboxylic acids is 2. The monoisotopic (exact) mass is 371 g/mol. The van der Waals surface area contributed by atoms with Crippen molar-refractivity contribution in [2.24, 2.45) is 0 Å². The average Bonchev–Trinajstić information content (AvgIpc) is 3.08. The number of amides is 1. The number of nitrogens with one attached hydrogen (secondary N) is 1. The molecule has 0 radical (unpaired) electrons. The molecule has 0 aliphatic carbocycles. The number of benzene rings is 1. The first-order valence-corrected chi connectivity index (χ1v) is 9.35. The third-order valence-corrected chi connectivity index (χ3v) is 4.68. The van der Waals surface area contributed by atoms with E-state index in [1.165, 1.54) is 19.3 Å². The van der Waals surface area contributed by atoms with Crippen LogP contribution in [0.5, 0.6) is 0 Å². The van der Waals surface area contributed by atoms with Crippen molar-refractivity contribution in [1.29, 1.82) is 0 Å². The van der Waals surface area contributed by atoms with Crippen molar-refractivity contribution in [1.82, 2.24) is 5.16 Å². The van der Waals surface area contributed by atoms with Crippen LogP contribution in [0.25, 0.3) is 0 Å². The number of carbonyl (C=O) groups is 2. The van der Waals surface area contributed by atoms with Crippen LogP contribution in [-0.4, -0.2) is 36.7 Å². The molecule has 7 heteroatoms. The zero-order chi connectivity index (χ0) is 19.2. The quantitative estimate of drug-likeness (QED) is 0.784. The molecular formula is C20H25N3O4. The largest absolute Gasteiger partial charge is 0.452 e. The molecule has 1 aromatic carbocycles. The van der Waals surface area contributed by atoms with Crippen molar-refractivity contribution < 1.29 is 18.8 Å². The second-order valence-electron chi connectivity index (χ2n) is 6.63. The van der Waals surface area contributed by atoms with Gasteiger partial charge in [0.05, 0.1) is 5.69 Å². The highest BCUT2D eigenvalue weighted by atomic mass is 16.5. The molecular weight excluding hydrogens is 346 g/mol. The number of rotatable bonds is 6. The van der Waals surface area contributed by atoms with Gasteiger partial charge in [0.15, 0.2) is 6.61 Å². The predicted octanol–water partition coefficient (Wildman–Crippen LogP) is 3.33. The van der Waals surface area contributed by atoms with Gasteiger partial charge in [0.1, 0.15) is 11.3 Å². The van der Waals surface area contributed by atoms with Gasteiger partial charge in [0, 0.05) is 24.5 Å². The van der Waals surface area contributed by atoms with Gasteiger partial charge >= 0.3 is 5.97 Å². The molecule has 1 aromatic heterocycles. The maximum Gasteiger partial charge on any atom is 0.344 e. The molecule has 0 bridgehead atoms. The molecule has 144 valence electrons. The summed E-state index contributed by atoms with van der Waals surface area (Å²) in [7, 11) is 0. The minimum atomic E-state index is -0.596. The molecule has 1 aliphatic rings. The van der Waals surface area contributed by atoms with Crippen LogP contribution >= 0.6 is 0 Å². The highest BCUT2D eigenvalue weighted by molar-refractivity contribution is 5.96. The fourth-order valence-corrected chi connectivity index (χ4v) is 3.23. The van der Waals surface area contributed by atoms with Crippen molar-refractivity contribution in [3.63, 3.8) is 0 Å². The number of ether oxygens (including phenoxy) is 1. The van der Waals surface area contributed by atoms with Gasteiger partial charge in [-0.1, -0.05) is 12.1 Å². The van der Waals surface area contributed by atoms with Crippen molar-refractivity contribution in [3.05, 3.63) is 41.3 Å². The predicted molar refractivity (Wildman–Crippen MR) is 102 cm³/mol. The Bertz CT molecular complexity index is 792. The van der Waals surface area contributed by atoms with Crippen molar-refractivity contribution in [2.75, 3.05) is 29.9 Å². The first-order valence-electron chi connectivity index (χ1n) is 9.35. The Labute approximate surface area is 158 Å². The Kier molecular flexibility index (Phi) is 6.11. The molecule has 2 aromatic rings. The lowest BCUT2D eigenvalue weighted by Crippen LogP contribution is -2.29. The fraction of sp³-hybridized carbons (Fsp3) is 0.450. The molecule has 1 saturated heterocycles. The third-order valence-electron chi connectivity index (χ3n) is 4.68. The second-order valence-corrected chi connectivity index (χ2v) is 6.63. The van der Waals surface area contributed by atoms with Gasteiger partial charge in [-0.05, 0) is 56.9 Å². The molecule has 1 N–H and O–H groups in total. The summed E-state index contributed by atoms with van der Waals surface area (Å²) >= 11 is 0. The van der Waals surface area contributed by atoms with Gasteiger partial charge in [-0.25, -0.2) is 4.79 Å². The lowest BCUT2D eigenvalue weighted by Gasteiger charge is -2.28. The Morgan fingerprint density at radius 2 is 1.89 bits per heavy atom. The minimum Gasteiger partial charge on any atom is -0.452 e. The zero-order valence-corrected chi connectivity index (χ0v) is 15.8. The van der Waals surface area contributed by atoms with E-state index in [1.807, 2.05) is 31.2 Å². The standard InChI is InChI=1S/C20H25N3O4/c1-3-17-19(14(2)27-22-17)20(25)26-13-18(24)21-15-7-9-16(10-8-15)23-11-5-4-6-12-23/h7-10H,3-6,11-13H2,1-2H3,(H,21,24). The van der Waals surface area contributed by atoms with Crippen LogP contribution in [0.1, 0.15) is 48.0 Å². The molecule has 0 unspecified atom stereocenters. The van der Waals surface area contributed by atoms with Gasteiger partial charge in [0.2, 0.25) is 0 Å². The fourth-order valence-electron chi connectivity index (χ4n) is 3.23. The molecule has 1 amide bonds. The lowest BCUT2D eigenvalue weighted by atomic mass is 10.1. The molecule has 1 fully saturated rings. The number of aromatic nitrogens is 1. The van der Waals surface area contributed by atoms with Crippen LogP contribution in [0, 0.1) is 6.92 Å². The van der Waals surface area contributed by atoms with E-state index in [4.69, 9.17) is 9.26 Å². The maximum absolute atomic E-state index is 12.2. The first-order chi connectivity index (χ1) is 13.1. The van der Waals surface area contributed by atoms with E-state index in [2.05, 4.69) is 15.4 Å². The van der Waals surface area contributed by atoms with Crippen LogP contribution in [0.15, 0.2) is 28.8 Å².